The normalized spacial score (nSPS) is 19.4. The summed E-state index contributed by atoms with van der Waals surface area (Å²) in [6.45, 7) is 6.24. The highest BCUT2D eigenvalue weighted by molar-refractivity contribution is 7.10. The molecule has 0 aliphatic carbocycles. The molecule has 5 heteroatoms. The average molecular weight is 384 g/mol. The first-order chi connectivity index (χ1) is 13.3. The smallest absolute Gasteiger partial charge is 0.251 e. The van der Waals surface area contributed by atoms with Crippen LogP contribution in [0.4, 0.5) is 0 Å². The van der Waals surface area contributed by atoms with Crippen LogP contribution in [0.15, 0.2) is 41.8 Å². The molecule has 1 amide bonds. The Morgan fingerprint density at radius 2 is 1.81 bits per heavy atom. The van der Waals surface area contributed by atoms with Gasteiger partial charge in [0.25, 0.3) is 5.91 Å². The van der Waals surface area contributed by atoms with E-state index in [1.54, 1.807) is 11.3 Å². The summed E-state index contributed by atoms with van der Waals surface area (Å²) >= 11 is 1.79. The molecule has 0 spiro atoms. The fraction of sp³-hybridized carbons (Fsp3) is 0.500. The molecule has 27 heavy (non-hydrogen) atoms. The molecule has 2 aromatic rings. The predicted octanol–water partition coefficient (Wildman–Crippen LogP) is 3.91. The number of hydrogen-bond donors (Lipinski definition) is 1. The van der Waals surface area contributed by atoms with Crippen LogP contribution in [-0.2, 0) is 6.54 Å². The Labute approximate surface area is 166 Å². The van der Waals surface area contributed by atoms with E-state index in [2.05, 4.69) is 44.8 Å². The van der Waals surface area contributed by atoms with Crippen LogP contribution in [0.1, 0.15) is 52.5 Å². The van der Waals surface area contributed by atoms with Crippen molar-refractivity contribution in [3.63, 3.8) is 0 Å². The highest BCUT2D eigenvalue weighted by Crippen LogP contribution is 2.28. The summed E-state index contributed by atoms with van der Waals surface area (Å²) in [6.07, 6.45) is 5.10. The van der Waals surface area contributed by atoms with Crippen molar-refractivity contribution in [3.8, 4) is 0 Å². The third-order valence-corrected chi connectivity index (χ3v) is 6.68. The van der Waals surface area contributed by atoms with Crippen LogP contribution in [0.3, 0.4) is 0 Å². The van der Waals surface area contributed by atoms with E-state index < -0.39 is 0 Å². The first-order valence-corrected chi connectivity index (χ1v) is 11.0. The van der Waals surface area contributed by atoms with Crippen molar-refractivity contribution in [3.05, 3.63) is 57.8 Å². The summed E-state index contributed by atoms with van der Waals surface area (Å²) in [5.74, 6) is 0.0408. The molecule has 4 nitrogen and oxygen atoms in total. The molecule has 2 aliphatic heterocycles. The number of nitrogens with one attached hydrogen (secondary N) is 1. The molecule has 0 radical (unpaired) electrons. The molecule has 0 saturated carbocycles. The van der Waals surface area contributed by atoms with Gasteiger partial charge in [-0.3, -0.25) is 14.6 Å². The third kappa shape index (κ3) is 4.78. The maximum absolute atomic E-state index is 12.8. The number of nitrogens with zero attached hydrogens (tertiary/aromatic N) is 2. The van der Waals surface area contributed by atoms with E-state index in [0.29, 0.717) is 12.6 Å². The van der Waals surface area contributed by atoms with Gasteiger partial charge in [0.1, 0.15) is 0 Å². The fourth-order valence-electron chi connectivity index (χ4n) is 4.25. The Morgan fingerprint density at radius 3 is 2.56 bits per heavy atom. The summed E-state index contributed by atoms with van der Waals surface area (Å²) in [5, 5.41) is 5.32. The zero-order chi connectivity index (χ0) is 18.5. The second-order valence-corrected chi connectivity index (χ2v) is 8.65. The standard InChI is InChI=1S/C22H29N3OS/c26-22(19-8-5-7-18(15-19)17-24-10-1-2-11-24)23-16-20(21-9-6-14-27-21)25-12-3-4-13-25/h5-9,14-15,20H,1-4,10-13,16-17H2,(H,23,26). The lowest BCUT2D eigenvalue weighted by atomic mass is 10.1. The summed E-state index contributed by atoms with van der Waals surface area (Å²) in [5.41, 5.74) is 2.01. The van der Waals surface area contributed by atoms with Crippen LogP contribution < -0.4 is 5.32 Å². The molecule has 1 N–H and O–H groups in total. The van der Waals surface area contributed by atoms with Crippen molar-refractivity contribution >= 4 is 17.2 Å². The number of hydrogen-bond acceptors (Lipinski definition) is 4. The summed E-state index contributed by atoms with van der Waals surface area (Å²) < 4.78 is 0. The largest absolute Gasteiger partial charge is 0.350 e. The van der Waals surface area contributed by atoms with E-state index in [-0.39, 0.29) is 5.91 Å². The fourth-order valence-corrected chi connectivity index (χ4v) is 5.11. The minimum atomic E-state index is 0.0408. The van der Waals surface area contributed by atoms with E-state index in [0.717, 1.165) is 25.2 Å². The van der Waals surface area contributed by atoms with Gasteiger partial charge in [-0.1, -0.05) is 18.2 Å². The molecule has 2 saturated heterocycles. The van der Waals surface area contributed by atoms with Gasteiger partial charge in [0.2, 0.25) is 0 Å². The van der Waals surface area contributed by atoms with Crippen LogP contribution in [0.2, 0.25) is 0 Å². The van der Waals surface area contributed by atoms with E-state index in [1.165, 1.54) is 49.2 Å². The van der Waals surface area contributed by atoms with Crippen LogP contribution >= 0.6 is 11.3 Å². The number of likely N-dealkylation sites (tertiary alicyclic amines) is 2. The second kappa shape index (κ2) is 9.00. The Balaban J connectivity index is 1.39. The van der Waals surface area contributed by atoms with Gasteiger partial charge >= 0.3 is 0 Å². The number of thiophene rings is 1. The van der Waals surface area contributed by atoms with Crippen molar-refractivity contribution in [2.75, 3.05) is 32.7 Å². The lowest BCUT2D eigenvalue weighted by Crippen LogP contribution is -2.36. The molecule has 2 fully saturated rings. The molecule has 144 valence electrons. The first kappa shape index (κ1) is 18.7. The van der Waals surface area contributed by atoms with Crippen LogP contribution in [0.25, 0.3) is 0 Å². The Bertz CT molecular complexity index is 734. The van der Waals surface area contributed by atoms with Crippen molar-refractivity contribution in [1.82, 2.24) is 15.1 Å². The van der Waals surface area contributed by atoms with Crippen LogP contribution in [-0.4, -0.2) is 48.4 Å². The zero-order valence-electron chi connectivity index (χ0n) is 15.9. The Morgan fingerprint density at radius 1 is 1.04 bits per heavy atom. The maximum atomic E-state index is 12.8. The molecule has 1 aromatic carbocycles. The highest BCUT2D eigenvalue weighted by Gasteiger charge is 2.24. The molecule has 4 rings (SSSR count). The van der Waals surface area contributed by atoms with Crippen molar-refractivity contribution in [1.29, 1.82) is 0 Å². The number of rotatable bonds is 7. The Hall–Kier alpha value is -1.69. The number of benzene rings is 1. The van der Waals surface area contributed by atoms with Gasteiger partial charge in [-0.25, -0.2) is 0 Å². The minimum Gasteiger partial charge on any atom is -0.350 e. The van der Waals surface area contributed by atoms with Crippen molar-refractivity contribution < 1.29 is 4.79 Å². The second-order valence-electron chi connectivity index (χ2n) is 7.67. The minimum absolute atomic E-state index is 0.0408. The van der Waals surface area contributed by atoms with Gasteiger partial charge in [-0.2, -0.15) is 0 Å². The van der Waals surface area contributed by atoms with Gasteiger partial charge in [-0.05, 0) is 81.0 Å². The summed E-state index contributed by atoms with van der Waals surface area (Å²) in [6, 6.07) is 12.7. The monoisotopic (exact) mass is 383 g/mol. The topological polar surface area (TPSA) is 35.6 Å². The van der Waals surface area contributed by atoms with E-state index in [4.69, 9.17) is 0 Å². The quantitative estimate of drug-likeness (QED) is 0.787. The lowest BCUT2D eigenvalue weighted by molar-refractivity contribution is 0.0938. The summed E-state index contributed by atoms with van der Waals surface area (Å²) in [4.78, 5) is 19.1. The molecular weight excluding hydrogens is 354 g/mol. The van der Waals surface area contributed by atoms with Gasteiger partial charge in [0.05, 0.1) is 6.04 Å². The third-order valence-electron chi connectivity index (χ3n) is 5.70. The molecule has 1 unspecified atom stereocenters. The zero-order valence-corrected chi connectivity index (χ0v) is 16.7. The lowest BCUT2D eigenvalue weighted by Gasteiger charge is -2.27. The molecule has 1 atom stereocenters. The summed E-state index contributed by atoms with van der Waals surface area (Å²) in [7, 11) is 0. The molecule has 2 aliphatic rings. The highest BCUT2D eigenvalue weighted by atomic mass is 32.1. The van der Waals surface area contributed by atoms with E-state index in [9.17, 15) is 4.79 Å². The van der Waals surface area contributed by atoms with Gasteiger partial charge < -0.3 is 5.32 Å². The first-order valence-electron chi connectivity index (χ1n) is 10.2. The van der Waals surface area contributed by atoms with E-state index in [1.807, 2.05) is 12.1 Å². The van der Waals surface area contributed by atoms with Crippen LogP contribution in [0.5, 0.6) is 0 Å². The van der Waals surface area contributed by atoms with E-state index >= 15 is 0 Å². The Kier molecular flexibility index (Phi) is 6.22. The number of amides is 1. The predicted molar refractivity (Wildman–Crippen MR) is 111 cm³/mol. The molecule has 1 aromatic heterocycles. The number of carbonyl (C=O) groups excluding carboxylic acids is 1. The van der Waals surface area contributed by atoms with Gasteiger partial charge in [0.15, 0.2) is 0 Å². The SMILES string of the molecule is O=C(NCC(c1cccs1)N1CCCC1)c1cccc(CN2CCCC2)c1. The van der Waals surface area contributed by atoms with Gasteiger partial charge in [0, 0.05) is 23.5 Å². The molecule has 0 bridgehead atoms. The molecular formula is C22H29N3OS. The molecule has 3 heterocycles. The number of carbonyl (C=O) groups is 1. The van der Waals surface area contributed by atoms with Crippen molar-refractivity contribution in [2.24, 2.45) is 0 Å². The van der Waals surface area contributed by atoms with Crippen molar-refractivity contribution in [2.45, 2.75) is 38.3 Å². The van der Waals surface area contributed by atoms with Crippen LogP contribution in [0, 0.1) is 0 Å². The maximum Gasteiger partial charge on any atom is 0.251 e. The average Bonchev–Trinajstić information content (AvgIpc) is 3.46. The van der Waals surface area contributed by atoms with Gasteiger partial charge in [-0.15, -0.1) is 11.3 Å².